The maximum Gasteiger partial charge on any atom is 0.272 e. The molecule has 150 valence electrons. The van der Waals surface area contributed by atoms with E-state index in [4.69, 9.17) is 4.74 Å². The van der Waals surface area contributed by atoms with E-state index in [-0.39, 0.29) is 11.3 Å². The molecule has 5 heteroatoms. The Balaban J connectivity index is 1.98. The van der Waals surface area contributed by atoms with Gasteiger partial charge < -0.3 is 14.6 Å². The van der Waals surface area contributed by atoms with Gasteiger partial charge in [-0.3, -0.25) is 9.59 Å². The number of nitrogens with one attached hydrogen (secondary N) is 1. The Morgan fingerprint density at radius 1 is 1.07 bits per heavy atom. The zero-order valence-corrected chi connectivity index (χ0v) is 17.3. The fraction of sp³-hybridized carbons (Fsp3) is 0.250. The number of aromatic amines is 1. The molecule has 0 fully saturated rings. The van der Waals surface area contributed by atoms with E-state index in [1.165, 1.54) is 0 Å². The van der Waals surface area contributed by atoms with Crippen molar-refractivity contribution in [1.29, 1.82) is 0 Å². The van der Waals surface area contributed by atoms with E-state index in [0.717, 1.165) is 22.6 Å². The van der Waals surface area contributed by atoms with Crippen molar-refractivity contribution in [2.24, 2.45) is 0 Å². The normalized spacial score (nSPS) is 10.6. The Kier molecular flexibility index (Phi) is 6.17. The molecule has 0 saturated carbocycles. The molecule has 3 aromatic rings. The molecule has 0 radical (unpaired) electrons. The number of carbonyl (C=O) groups is 1. The SMILES string of the molecule is CCc1c(C)[nH]c(=O)c(N(C)C)c1C(=O)c1cccc(COc2ccccc2)c1. The highest BCUT2D eigenvalue weighted by molar-refractivity contribution is 6.13. The third-order valence-corrected chi connectivity index (χ3v) is 4.87. The minimum atomic E-state index is -0.253. The summed E-state index contributed by atoms with van der Waals surface area (Å²) >= 11 is 0. The number of anilines is 1. The second-order valence-corrected chi connectivity index (χ2v) is 7.16. The smallest absolute Gasteiger partial charge is 0.272 e. The second kappa shape index (κ2) is 8.78. The van der Waals surface area contributed by atoms with Gasteiger partial charge >= 0.3 is 0 Å². The Labute approximate surface area is 171 Å². The summed E-state index contributed by atoms with van der Waals surface area (Å²) in [5.41, 5.74) is 3.65. The lowest BCUT2D eigenvalue weighted by Gasteiger charge is -2.20. The maximum absolute atomic E-state index is 13.5. The van der Waals surface area contributed by atoms with Crippen LogP contribution in [0, 0.1) is 6.92 Å². The highest BCUT2D eigenvalue weighted by atomic mass is 16.5. The van der Waals surface area contributed by atoms with Gasteiger partial charge in [0.1, 0.15) is 18.0 Å². The molecule has 0 atom stereocenters. The largest absolute Gasteiger partial charge is 0.489 e. The van der Waals surface area contributed by atoms with Crippen molar-refractivity contribution in [2.45, 2.75) is 26.9 Å². The van der Waals surface area contributed by atoms with Gasteiger partial charge in [0.25, 0.3) is 5.56 Å². The molecule has 3 rings (SSSR count). The summed E-state index contributed by atoms with van der Waals surface area (Å²) in [6.07, 6.45) is 0.654. The topological polar surface area (TPSA) is 62.4 Å². The standard InChI is InChI=1S/C24H26N2O3/c1-5-20-16(2)25-24(28)22(26(3)4)21(20)23(27)18-11-9-10-17(14-18)15-29-19-12-7-6-8-13-19/h6-14H,5,15H2,1-4H3,(H,25,28). The van der Waals surface area contributed by atoms with Gasteiger partial charge in [0, 0.05) is 25.4 Å². The summed E-state index contributed by atoms with van der Waals surface area (Å²) in [4.78, 5) is 30.6. The van der Waals surface area contributed by atoms with Crippen LogP contribution < -0.4 is 15.2 Å². The summed E-state index contributed by atoms with van der Waals surface area (Å²) in [6, 6.07) is 16.9. The van der Waals surface area contributed by atoms with Crippen LogP contribution in [0.15, 0.2) is 59.4 Å². The van der Waals surface area contributed by atoms with Crippen molar-refractivity contribution in [2.75, 3.05) is 19.0 Å². The van der Waals surface area contributed by atoms with Crippen LogP contribution in [0.5, 0.6) is 5.75 Å². The predicted octanol–water partition coefficient (Wildman–Crippen LogP) is 4.12. The summed E-state index contributed by atoms with van der Waals surface area (Å²) < 4.78 is 5.80. The number of pyridine rings is 1. The van der Waals surface area contributed by atoms with E-state index in [2.05, 4.69) is 4.98 Å². The van der Waals surface area contributed by atoms with Crippen molar-refractivity contribution in [3.8, 4) is 5.75 Å². The van der Waals surface area contributed by atoms with E-state index in [1.807, 2.05) is 62.4 Å². The third kappa shape index (κ3) is 4.40. The van der Waals surface area contributed by atoms with Crippen molar-refractivity contribution < 1.29 is 9.53 Å². The van der Waals surface area contributed by atoms with Gasteiger partial charge in [-0.25, -0.2) is 0 Å². The minimum absolute atomic E-state index is 0.152. The molecule has 0 bridgehead atoms. The second-order valence-electron chi connectivity index (χ2n) is 7.16. The first kappa shape index (κ1) is 20.4. The van der Waals surface area contributed by atoms with Crippen molar-refractivity contribution in [1.82, 2.24) is 4.98 Å². The lowest BCUT2D eigenvalue weighted by Crippen LogP contribution is -2.27. The zero-order chi connectivity index (χ0) is 21.0. The zero-order valence-electron chi connectivity index (χ0n) is 17.3. The third-order valence-electron chi connectivity index (χ3n) is 4.87. The summed E-state index contributed by atoms with van der Waals surface area (Å²) in [6.45, 7) is 4.18. The van der Waals surface area contributed by atoms with Gasteiger partial charge in [-0.2, -0.15) is 0 Å². The Hall–Kier alpha value is -3.34. The molecular formula is C24H26N2O3. The van der Waals surface area contributed by atoms with Crippen LogP contribution in [0.25, 0.3) is 0 Å². The number of aryl methyl sites for hydroxylation is 1. The van der Waals surface area contributed by atoms with Gasteiger partial charge in [0.2, 0.25) is 0 Å². The van der Waals surface area contributed by atoms with E-state index >= 15 is 0 Å². The number of ether oxygens (including phenoxy) is 1. The molecule has 1 aromatic heterocycles. The van der Waals surface area contributed by atoms with Crippen LogP contribution in [0.2, 0.25) is 0 Å². The Bertz CT molecular complexity index is 1070. The molecule has 1 N–H and O–H groups in total. The van der Waals surface area contributed by atoms with E-state index in [9.17, 15) is 9.59 Å². The number of carbonyl (C=O) groups excluding carboxylic acids is 1. The first-order chi connectivity index (χ1) is 13.9. The van der Waals surface area contributed by atoms with E-state index in [1.54, 1.807) is 25.1 Å². The first-order valence-corrected chi connectivity index (χ1v) is 9.67. The summed E-state index contributed by atoms with van der Waals surface area (Å²) in [5.74, 6) is 0.624. The number of para-hydroxylation sites is 1. The van der Waals surface area contributed by atoms with Gasteiger partial charge in [-0.15, -0.1) is 0 Å². The molecule has 0 aliphatic rings. The predicted molar refractivity (Wildman–Crippen MR) is 116 cm³/mol. The number of H-pyrrole nitrogens is 1. The molecule has 0 aliphatic heterocycles. The highest BCUT2D eigenvalue weighted by Gasteiger charge is 2.23. The monoisotopic (exact) mass is 390 g/mol. The van der Waals surface area contributed by atoms with Gasteiger partial charge in [-0.05, 0) is 42.7 Å². The quantitative estimate of drug-likeness (QED) is 0.617. The number of aromatic nitrogens is 1. The number of benzene rings is 2. The fourth-order valence-corrected chi connectivity index (χ4v) is 3.49. The molecule has 0 amide bonds. The maximum atomic E-state index is 13.5. The first-order valence-electron chi connectivity index (χ1n) is 9.67. The Morgan fingerprint density at radius 3 is 2.45 bits per heavy atom. The van der Waals surface area contributed by atoms with E-state index in [0.29, 0.717) is 29.8 Å². The van der Waals surface area contributed by atoms with Crippen molar-refractivity contribution in [3.05, 3.63) is 92.9 Å². The van der Waals surface area contributed by atoms with Crippen LogP contribution in [-0.4, -0.2) is 24.9 Å². The Morgan fingerprint density at radius 2 is 1.79 bits per heavy atom. The van der Waals surface area contributed by atoms with Crippen LogP contribution in [0.1, 0.15) is 39.7 Å². The van der Waals surface area contributed by atoms with Crippen LogP contribution in [-0.2, 0) is 13.0 Å². The van der Waals surface area contributed by atoms with E-state index < -0.39 is 0 Å². The van der Waals surface area contributed by atoms with Crippen molar-refractivity contribution in [3.63, 3.8) is 0 Å². The number of hydrogen-bond acceptors (Lipinski definition) is 4. The molecule has 0 unspecified atom stereocenters. The molecule has 2 aromatic carbocycles. The molecule has 0 spiro atoms. The highest BCUT2D eigenvalue weighted by Crippen LogP contribution is 2.25. The minimum Gasteiger partial charge on any atom is -0.489 e. The van der Waals surface area contributed by atoms with Crippen LogP contribution in [0.3, 0.4) is 0 Å². The molecular weight excluding hydrogens is 364 g/mol. The number of rotatable bonds is 7. The van der Waals surface area contributed by atoms with Gasteiger partial charge in [0.05, 0.1) is 5.56 Å². The molecule has 5 nitrogen and oxygen atoms in total. The van der Waals surface area contributed by atoms with Gasteiger partial charge in [-0.1, -0.05) is 43.3 Å². The average Bonchev–Trinajstić information content (AvgIpc) is 2.72. The number of hydrogen-bond donors (Lipinski definition) is 1. The molecule has 29 heavy (non-hydrogen) atoms. The summed E-state index contributed by atoms with van der Waals surface area (Å²) in [5, 5.41) is 0. The molecule has 1 heterocycles. The lowest BCUT2D eigenvalue weighted by molar-refractivity contribution is 0.103. The van der Waals surface area contributed by atoms with Crippen molar-refractivity contribution >= 4 is 11.5 Å². The summed E-state index contributed by atoms with van der Waals surface area (Å²) in [7, 11) is 3.56. The van der Waals surface area contributed by atoms with Crippen LogP contribution in [0.4, 0.5) is 5.69 Å². The number of ketones is 1. The number of nitrogens with zero attached hydrogens (tertiary/aromatic N) is 1. The average molecular weight is 390 g/mol. The van der Waals surface area contributed by atoms with Gasteiger partial charge in [0.15, 0.2) is 5.78 Å². The van der Waals surface area contributed by atoms with Crippen LogP contribution >= 0.6 is 0 Å². The fourth-order valence-electron chi connectivity index (χ4n) is 3.49. The lowest BCUT2D eigenvalue weighted by atomic mass is 9.94. The molecule has 0 saturated heterocycles. The molecule has 0 aliphatic carbocycles.